The lowest BCUT2D eigenvalue weighted by molar-refractivity contribution is -0.137. The Morgan fingerprint density at radius 3 is 2.57 bits per heavy atom. The molecule has 3 aliphatic carbocycles. The summed E-state index contributed by atoms with van der Waals surface area (Å²) in [7, 11) is 1.71. The fourth-order valence-corrected chi connectivity index (χ4v) is 4.13. The van der Waals surface area contributed by atoms with Gasteiger partial charge in [-0.2, -0.15) is 0 Å². The molecule has 0 bridgehead atoms. The van der Waals surface area contributed by atoms with Crippen LogP contribution in [0, 0.1) is 5.41 Å². The second-order valence-electron chi connectivity index (χ2n) is 6.80. The Morgan fingerprint density at radius 1 is 1.33 bits per heavy atom. The number of carbonyl (C=O) groups excluding carboxylic acids is 1. The van der Waals surface area contributed by atoms with Gasteiger partial charge in [0.25, 0.3) is 0 Å². The van der Waals surface area contributed by atoms with E-state index in [1.807, 2.05) is 6.08 Å². The molecule has 1 N–H and O–H groups in total. The molecule has 0 unspecified atom stereocenters. The van der Waals surface area contributed by atoms with Gasteiger partial charge in [-0.25, -0.2) is 0 Å². The fourth-order valence-electron chi connectivity index (χ4n) is 4.13. The van der Waals surface area contributed by atoms with E-state index < -0.39 is 5.60 Å². The molecule has 3 heteroatoms. The molecule has 0 aromatic carbocycles. The van der Waals surface area contributed by atoms with E-state index in [0.717, 1.165) is 49.0 Å². The van der Waals surface area contributed by atoms with Gasteiger partial charge >= 0.3 is 0 Å². The van der Waals surface area contributed by atoms with E-state index in [1.54, 1.807) is 14.0 Å². The van der Waals surface area contributed by atoms with Crippen LogP contribution in [0.3, 0.4) is 0 Å². The largest absolute Gasteiger partial charge is 0.385 e. The molecule has 0 aromatic rings. The minimum atomic E-state index is -1.24. The van der Waals surface area contributed by atoms with E-state index in [0.29, 0.717) is 0 Å². The molecule has 0 saturated heterocycles. The number of fused-ring (bicyclic) bond motifs is 1. The van der Waals surface area contributed by atoms with Crippen molar-refractivity contribution in [2.75, 3.05) is 13.7 Å². The van der Waals surface area contributed by atoms with Gasteiger partial charge in [-0.15, -0.1) is 0 Å². The van der Waals surface area contributed by atoms with Crippen LogP contribution < -0.4 is 0 Å². The van der Waals surface area contributed by atoms with Crippen LogP contribution in [0.15, 0.2) is 33.9 Å². The Bertz CT molecular complexity index is 598. The third-order valence-electron chi connectivity index (χ3n) is 5.64. The van der Waals surface area contributed by atoms with Gasteiger partial charge in [-0.3, -0.25) is 4.79 Å². The van der Waals surface area contributed by atoms with Gasteiger partial charge < -0.3 is 9.84 Å². The van der Waals surface area contributed by atoms with Crippen molar-refractivity contribution < 1.29 is 14.6 Å². The zero-order valence-electron chi connectivity index (χ0n) is 13.4. The highest BCUT2D eigenvalue weighted by atomic mass is 16.5. The zero-order valence-corrected chi connectivity index (χ0v) is 13.4. The lowest BCUT2D eigenvalue weighted by atomic mass is 9.67. The number of aliphatic hydroxyl groups is 1. The molecule has 0 heterocycles. The summed E-state index contributed by atoms with van der Waals surface area (Å²) >= 11 is 0. The van der Waals surface area contributed by atoms with E-state index in [4.69, 9.17) is 4.74 Å². The van der Waals surface area contributed by atoms with Crippen LogP contribution in [-0.4, -0.2) is 30.2 Å². The first-order chi connectivity index (χ1) is 9.87. The van der Waals surface area contributed by atoms with Crippen LogP contribution in [0.5, 0.6) is 0 Å². The molecule has 1 atom stereocenters. The van der Waals surface area contributed by atoms with E-state index in [9.17, 15) is 9.90 Å². The number of hydrogen-bond donors (Lipinski definition) is 1. The van der Waals surface area contributed by atoms with Crippen LogP contribution >= 0.6 is 0 Å². The Hall–Kier alpha value is -1.19. The smallest absolute Gasteiger partial charge is 0.195 e. The van der Waals surface area contributed by atoms with E-state index >= 15 is 0 Å². The maximum absolute atomic E-state index is 12.7. The van der Waals surface area contributed by atoms with Crippen LogP contribution in [-0.2, 0) is 9.53 Å². The average Bonchev–Trinajstić information content (AvgIpc) is 3.18. The molecule has 0 amide bonds. The average molecular weight is 288 g/mol. The number of rotatable bonds is 4. The van der Waals surface area contributed by atoms with Gasteiger partial charge in [0.2, 0.25) is 0 Å². The third kappa shape index (κ3) is 1.84. The van der Waals surface area contributed by atoms with Gasteiger partial charge in [0.05, 0.1) is 0 Å². The van der Waals surface area contributed by atoms with Crippen LogP contribution in [0.25, 0.3) is 0 Å². The highest BCUT2D eigenvalue weighted by Crippen LogP contribution is 2.65. The van der Waals surface area contributed by atoms with Crippen molar-refractivity contribution in [3.63, 3.8) is 0 Å². The number of carbonyl (C=O) groups is 1. The highest BCUT2D eigenvalue weighted by Gasteiger charge is 2.64. The number of ketones is 1. The molecule has 1 spiro atoms. The lowest BCUT2D eigenvalue weighted by Gasteiger charge is -2.39. The normalized spacial score (nSPS) is 30.1. The Balaban J connectivity index is 2.04. The summed E-state index contributed by atoms with van der Waals surface area (Å²) in [6, 6.07) is 0. The predicted molar refractivity (Wildman–Crippen MR) is 81.9 cm³/mol. The number of hydrogen-bond acceptors (Lipinski definition) is 3. The molecule has 1 fully saturated rings. The molecule has 3 aliphatic rings. The first kappa shape index (κ1) is 14.7. The van der Waals surface area contributed by atoms with E-state index in [2.05, 4.69) is 13.8 Å². The van der Waals surface area contributed by atoms with Crippen LogP contribution in [0.1, 0.15) is 46.5 Å². The molecule has 3 rings (SSSR count). The molecule has 3 nitrogen and oxygen atoms in total. The van der Waals surface area contributed by atoms with Gasteiger partial charge in [0, 0.05) is 24.7 Å². The SMILES string of the molecule is COCCCC1=C(C)C=C2C(=O)[C@](C)(O)C3(CC3)C(C)=C21. The minimum Gasteiger partial charge on any atom is -0.385 e. The van der Waals surface area contributed by atoms with Crippen molar-refractivity contribution in [2.24, 2.45) is 5.41 Å². The molecule has 0 radical (unpaired) electrons. The standard InChI is InChI=1S/C18H24O3/c1-11-10-14-15(13(11)6-5-9-21-4)12(2)18(7-8-18)17(3,20)16(14)19/h10,20H,5-9H2,1-4H3/t17-/m0/s1. The van der Waals surface area contributed by atoms with Crippen molar-refractivity contribution in [1.82, 2.24) is 0 Å². The lowest BCUT2D eigenvalue weighted by Crippen LogP contribution is -2.49. The number of ether oxygens (including phenoxy) is 1. The van der Waals surface area contributed by atoms with Crippen molar-refractivity contribution in [3.8, 4) is 0 Å². The van der Waals surface area contributed by atoms with Gasteiger partial charge in [0.1, 0.15) is 5.60 Å². The number of methoxy groups -OCH3 is 1. The second-order valence-corrected chi connectivity index (χ2v) is 6.80. The Morgan fingerprint density at radius 2 is 2.00 bits per heavy atom. The minimum absolute atomic E-state index is 0.0957. The van der Waals surface area contributed by atoms with Crippen LogP contribution in [0.2, 0.25) is 0 Å². The first-order valence-electron chi connectivity index (χ1n) is 7.76. The topological polar surface area (TPSA) is 46.5 Å². The number of allylic oxidation sites excluding steroid dienone is 4. The molecule has 21 heavy (non-hydrogen) atoms. The summed E-state index contributed by atoms with van der Waals surface area (Å²) < 4.78 is 5.14. The molecular weight excluding hydrogens is 264 g/mol. The molecule has 114 valence electrons. The Kier molecular flexibility index (Phi) is 3.26. The van der Waals surface area contributed by atoms with Crippen molar-refractivity contribution >= 4 is 5.78 Å². The quantitative estimate of drug-likeness (QED) is 0.809. The number of Topliss-reactive ketones (excluding diaryl/α,β-unsaturated/α-hetero) is 1. The third-order valence-corrected chi connectivity index (χ3v) is 5.64. The van der Waals surface area contributed by atoms with Gasteiger partial charge in [0.15, 0.2) is 5.78 Å². The summed E-state index contributed by atoms with van der Waals surface area (Å²) in [5, 5.41) is 10.8. The van der Waals surface area contributed by atoms with Crippen molar-refractivity contribution in [2.45, 2.75) is 52.1 Å². The van der Waals surface area contributed by atoms with Crippen molar-refractivity contribution in [1.29, 1.82) is 0 Å². The second kappa shape index (κ2) is 4.65. The van der Waals surface area contributed by atoms with E-state index in [-0.39, 0.29) is 11.2 Å². The summed E-state index contributed by atoms with van der Waals surface area (Å²) in [4.78, 5) is 12.7. The summed E-state index contributed by atoms with van der Waals surface area (Å²) in [5.74, 6) is -0.0957. The van der Waals surface area contributed by atoms with Crippen molar-refractivity contribution in [3.05, 3.63) is 33.9 Å². The molecule has 0 aromatic heterocycles. The maximum Gasteiger partial charge on any atom is 0.195 e. The van der Waals surface area contributed by atoms with Gasteiger partial charge in [-0.05, 0) is 69.2 Å². The van der Waals surface area contributed by atoms with E-state index in [1.165, 1.54) is 11.1 Å². The summed E-state index contributed by atoms with van der Waals surface area (Å²) in [6.45, 7) is 6.60. The molecule has 0 aliphatic heterocycles. The summed E-state index contributed by atoms with van der Waals surface area (Å²) in [6.07, 6.45) is 5.68. The maximum atomic E-state index is 12.7. The Labute approximate surface area is 126 Å². The predicted octanol–water partition coefficient (Wildman–Crippen LogP) is 3.10. The molecular formula is C18H24O3. The van der Waals surface area contributed by atoms with Gasteiger partial charge in [-0.1, -0.05) is 5.57 Å². The van der Waals surface area contributed by atoms with Crippen LogP contribution in [0.4, 0.5) is 0 Å². The highest BCUT2D eigenvalue weighted by molar-refractivity contribution is 6.10. The summed E-state index contributed by atoms with van der Waals surface area (Å²) in [5.41, 5.74) is 3.94. The zero-order chi connectivity index (χ0) is 15.4. The molecule has 1 saturated carbocycles. The first-order valence-corrected chi connectivity index (χ1v) is 7.76. The fraction of sp³-hybridized carbons (Fsp3) is 0.611. The monoisotopic (exact) mass is 288 g/mol.